The highest BCUT2D eigenvalue weighted by Gasteiger charge is 2.58. The summed E-state index contributed by atoms with van der Waals surface area (Å²) in [6.45, 7) is -3.94. The van der Waals surface area contributed by atoms with E-state index < -0.39 is 230 Å². The van der Waals surface area contributed by atoms with Crippen LogP contribution in [0.5, 0.6) is 0 Å². The van der Waals surface area contributed by atoms with Crippen LogP contribution < -0.4 is 11.1 Å². The minimum atomic E-state index is -2.24. The summed E-state index contributed by atoms with van der Waals surface area (Å²) in [7, 11) is 0. The molecule has 0 aromatic carbocycles. The number of rotatable bonds is 24. The van der Waals surface area contributed by atoms with Crippen molar-refractivity contribution in [3.05, 3.63) is 10.4 Å². The highest BCUT2D eigenvalue weighted by atomic mass is 16.8. The molecule has 6 fully saturated rings. The number of aliphatic hydroxyl groups is 17. The summed E-state index contributed by atoms with van der Waals surface area (Å²) in [5.74, 6) is -0.889. The van der Waals surface area contributed by atoms with E-state index in [2.05, 4.69) is 15.3 Å². The molecular weight excluding hydrogens is 1070 g/mol. The molecule has 6 saturated heterocycles. The third-order valence-electron chi connectivity index (χ3n) is 14.1. The van der Waals surface area contributed by atoms with Gasteiger partial charge in [-0.15, -0.1) is 0 Å². The summed E-state index contributed by atoms with van der Waals surface area (Å²) in [5.41, 5.74) is 14.3. The Balaban J connectivity index is 1.20. The second kappa shape index (κ2) is 29.7. The topological polar surface area (TPSA) is 559 Å². The summed E-state index contributed by atoms with van der Waals surface area (Å²) in [4.78, 5) is 15.4. The number of hydrogen-bond acceptors (Lipinski definition) is 32. The van der Waals surface area contributed by atoms with Crippen LogP contribution in [0.1, 0.15) is 26.2 Å². The van der Waals surface area contributed by atoms with Crippen LogP contribution in [-0.2, 0) is 61.6 Å². The summed E-state index contributed by atoms with van der Waals surface area (Å²) in [6.07, 6.45) is -53.2. The fourth-order valence-corrected chi connectivity index (χ4v) is 9.76. The average Bonchev–Trinajstić information content (AvgIpc) is 3.46. The Hall–Kier alpha value is -2.42. The molecule has 6 heterocycles. The molecule has 0 aromatic heterocycles. The Bertz CT molecular complexity index is 1870. The highest BCUT2D eigenvalue weighted by Crippen LogP contribution is 2.37. The van der Waals surface area contributed by atoms with Crippen LogP contribution >= 0.6 is 0 Å². The Morgan fingerprint density at radius 2 is 0.872 bits per heavy atom. The molecule has 0 spiro atoms. The number of nitrogens with zero attached hydrogens (tertiary/aromatic N) is 3. The second-order valence-corrected chi connectivity index (χ2v) is 19.4. The first kappa shape index (κ1) is 64.7. The molecule has 6 aliphatic rings. The smallest absolute Gasteiger partial charge is 0.217 e. The van der Waals surface area contributed by atoms with Crippen LogP contribution in [0.2, 0.25) is 0 Å². The monoisotopic (exact) mass is 1140 g/mol. The van der Waals surface area contributed by atoms with Crippen molar-refractivity contribution in [2.75, 3.05) is 52.7 Å². The largest absolute Gasteiger partial charge is 0.394 e. The molecule has 6 aliphatic heterocycles. The van der Waals surface area contributed by atoms with E-state index in [9.17, 15) is 91.6 Å². The van der Waals surface area contributed by atoms with Crippen molar-refractivity contribution in [3.63, 3.8) is 0 Å². The van der Waals surface area contributed by atoms with Gasteiger partial charge in [-0.2, -0.15) is 0 Å². The van der Waals surface area contributed by atoms with Crippen molar-refractivity contribution in [3.8, 4) is 0 Å². The summed E-state index contributed by atoms with van der Waals surface area (Å²) < 4.78 is 69.2. The molecule has 13 unspecified atom stereocenters. The maximum Gasteiger partial charge on any atom is 0.217 e. The lowest BCUT2D eigenvalue weighted by molar-refractivity contribution is -0.393. The van der Waals surface area contributed by atoms with Crippen LogP contribution in [0.25, 0.3) is 10.4 Å². The number of unbranched alkanes of at least 4 members (excludes halogenated alkanes) is 2. The van der Waals surface area contributed by atoms with Gasteiger partial charge in [-0.25, -0.2) is 0 Å². The average molecular weight is 1140 g/mol. The SMILES string of the molecule is CC(=O)N[C@H]1C(O[C@@H]2OC(CO)[C@H](O)C(O)[C@@H]2O[C@@H]2OC(CN=[N+]=[N-])[C@@H](O)C(O)[C@@H]2O)[C@@H](O)C(CO)O[C@H]1O[C@@H]1C(O)[C@@H](O[C@H]2C(CO)O[C@@H](O[C@@H]3C(CO)O[C@@H](OCCCCCN)C(O)C3O)[C@@H](O)C2O)OC(CO)[C@@H]1O. The second-order valence-electron chi connectivity index (χ2n) is 19.4. The standard InChI is InChI=1S/C43H75N5O30/c1-13(54)47-20-35(76-43-37(26(60)22(56)15(8-49)71-43)78-40-29(63)25(59)21(55)14(68-40)7-46-48-45)23(57)16(9-50)69-38(20)77-36-24(58)17(10-51)70-42(32(36)66)75-34-19(12-53)73-41(31(65)28(34)62)74-33-18(11-52)72-39(30(64)27(33)61)67-6-4-2-3-5-44/h14-43,49-53,55-66H,2-12,44H2,1H3,(H,47,54)/t14?,15?,16?,17?,18?,19?,20-,21+,22-,23-,24-,25?,26?,27?,28?,29-,30?,31-,32?,33+,34-,35?,36-,37-,38-,39+,40-,41-,42+,43-/m0/s1. The van der Waals surface area contributed by atoms with Crippen LogP contribution in [-0.4, -0.2) is 330 Å². The van der Waals surface area contributed by atoms with E-state index >= 15 is 0 Å². The normalized spacial score (nSPS) is 47.3. The molecule has 30 atom stereocenters. The molecule has 78 heavy (non-hydrogen) atoms. The molecule has 35 nitrogen and oxygen atoms in total. The lowest BCUT2D eigenvalue weighted by Crippen LogP contribution is -2.70. The Kier molecular flexibility index (Phi) is 24.7. The molecular formula is C43H75N5O30. The van der Waals surface area contributed by atoms with Crippen LogP contribution in [0.3, 0.4) is 0 Å². The molecule has 6 rings (SSSR count). The fourth-order valence-electron chi connectivity index (χ4n) is 9.76. The molecule has 0 saturated carbocycles. The Labute approximate surface area is 443 Å². The zero-order valence-corrected chi connectivity index (χ0v) is 41.9. The van der Waals surface area contributed by atoms with Crippen molar-refractivity contribution in [1.82, 2.24) is 5.32 Å². The van der Waals surface area contributed by atoms with Gasteiger partial charge in [0.2, 0.25) is 5.91 Å². The molecule has 1 amide bonds. The van der Waals surface area contributed by atoms with Crippen molar-refractivity contribution in [1.29, 1.82) is 0 Å². The fraction of sp³-hybridized carbons (Fsp3) is 0.977. The van der Waals surface area contributed by atoms with Gasteiger partial charge in [-0.3, -0.25) is 4.79 Å². The molecule has 0 bridgehead atoms. The number of carbonyl (C=O) groups is 1. The zero-order chi connectivity index (χ0) is 57.3. The summed E-state index contributed by atoms with van der Waals surface area (Å²) in [6, 6.07) is -1.83. The van der Waals surface area contributed by atoms with Gasteiger partial charge in [-0.1, -0.05) is 5.11 Å². The van der Waals surface area contributed by atoms with Crippen LogP contribution in [0.4, 0.5) is 0 Å². The van der Waals surface area contributed by atoms with Gasteiger partial charge < -0.3 is 155 Å². The highest BCUT2D eigenvalue weighted by molar-refractivity contribution is 5.73. The minimum absolute atomic E-state index is 0.103. The van der Waals surface area contributed by atoms with E-state index in [1.165, 1.54) is 0 Å². The molecule has 0 radical (unpaired) electrons. The van der Waals surface area contributed by atoms with E-state index in [1.807, 2.05) is 0 Å². The molecule has 0 aliphatic carbocycles. The van der Waals surface area contributed by atoms with Crippen molar-refractivity contribution in [2.24, 2.45) is 10.8 Å². The first-order valence-corrected chi connectivity index (χ1v) is 25.2. The van der Waals surface area contributed by atoms with Gasteiger partial charge in [0, 0.05) is 18.4 Å². The number of hydrogen-bond donors (Lipinski definition) is 19. The third-order valence-corrected chi connectivity index (χ3v) is 14.1. The predicted octanol–water partition coefficient (Wildman–Crippen LogP) is -11.5. The number of nitrogens with two attached hydrogens (primary N) is 1. The van der Waals surface area contributed by atoms with Crippen LogP contribution in [0.15, 0.2) is 5.11 Å². The lowest BCUT2D eigenvalue weighted by Gasteiger charge is -2.51. The number of nitrogens with one attached hydrogen (secondary N) is 1. The van der Waals surface area contributed by atoms with Gasteiger partial charge in [0.25, 0.3) is 0 Å². The van der Waals surface area contributed by atoms with Gasteiger partial charge in [0.1, 0.15) is 140 Å². The van der Waals surface area contributed by atoms with E-state index in [-0.39, 0.29) is 6.61 Å². The quantitative estimate of drug-likeness (QED) is 0.0185. The van der Waals surface area contributed by atoms with E-state index in [0.29, 0.717) is 25.8 Å². The van der Waals surface area contributed by atoms with Gasteiger partial charge in [0.15, 0.2) is 37.7 Å². The third kappa shape index (κ3) is 14.7. The summed E-state index contributed by atoms with van der Waals surface area (Å²) in [5, 5.41) is 191. The Morgan fingerprint density at radius 1 is 0.462 bits per heavy atom. The maximum absolute atomic E-state index is 12.9. The van der Waals surface area contributed by atoms with E-state index in [1.54, 1.807) is 0 Å². The molecule has 452 valence electrons. The number of ether oxygens (including phenoxy) is 12. The minimum Gasteiger partial charge on any atom is -0.394 e. The van der Waals surface area contributed by atoms with Crippen LogP contribution in [0, 0.1) is 0 Å². The first-order valence-electron chi connectivity index (χ1n) is 25.2. The Morgan fingerprint density at radius 3 is 1.42 bits per heavy atom. The first-order chi connectivity index (χ1) is 37.2. The van der Waals surface area contributed by atoms with E-state index in [0.717, 1.165) is 6.92 Å². The van der Waals surface area contributed by atoms with Gasteiger partial charge in [0.05, 0.1) is 45.7 Å². The van der Waals surface area contributed by atoms with Crippen molar-refractivity contribution >= 4 is 5.91 Å². The molecule has 0 aromatic rings. The van der Waals surface area contributed by atoms with Crippen molar-refractivity contribution < 1.29 is 148 Å². The predicted molar refractivity (Wildman–Crippen MR) is 244 cm³/mol. The molecule has 35 heteroatoms. The number of aliphatic hydroxyl groups excluding tert-OH is 17. The number of azide groups is 1. The maximum atomic E-state index is 12.9. The van der Waals surface area contributed by atoms with Gasteiger partial charge >= 0.3 is 0 Å². The molecule has 20 N–H and O–H groups in total. The number of amides is 1. The van der Waals surface area contributed by atoms with Crippen molar-refractivity contribution in [2.45, 2.75) is 210 Å². The van der Waals surface area contributed by atoms with E-state index in [4.69, 9.17) is 68.1 Å². The number of carbonyl (C=O) groups excluding carboxylic acids is 1. The van der Waals surface area contributed by atoms with Gasteiger partial charge in [-0.05, 0) is 31.3 Å². The summed E-state index contributed by atoms with van der Waals surface area (Å²) >= 11 is 0. The zero-order valence-electron chi connectivity index (χ0n) is 41.9. The lowest BCUT2D eigenvalue weighted by atomic mass is 9.94.